The zero-order valence-electron chi connectivity index (χ0n) is 10.9. The van der Waals surface area contributed by atoms with Gasteiger partial charge in [0.15, 0.2) is 0 Å². The molecule has 1 aliphatic heterocycles. The summed E-state index contributed by atoms with van der Waals surface area (Å²) < 4.78 is 5.82. The molecule has 4 nitrogen and oxygen atoms in total. The minimum atomic E-state index is 0.153. The van der Waals surface area contributed by atoms with E-state index in [1.54, 1.807) is 12.4 Å². The summed E-state index contributed by atoms with van der Waals surface area (Å²) in [6, 6.07) is 0.442. The van der Waals surface area contributed by atoms with Crippen LogP contribution in [0.3, 0.4) is 0 Å². The first kappa shape index (κ1) is 12.2. The molecule has 18 heavy (non-hydrogen) atoms. The molecule has 2 heterocycles. The molecule has 0 bridgehead atoms. The lowest BCUT2D eigenvalue weighted by atomic mass is 9.57. The molecule has 1 aliphatic carbocycles. The molecule has 2 fully saturated rings. The molecule has 0 aromatic carbocycles. The van der Waals surface area contributed by atoms with Gasteiger partial charge in [-0.15, -0.1) is 0 Å². The molecule has 1 aromatic rings. The van der Waals surface area contributed by atoms with Gasteiger partial charge in [-0.2, -0.15) is 0 Å². The highest BCUT2D eigenvalue weighted by Crippen LogP contribution is 2.54. The highest BCUT2D eigenvalue weighted by Gasteiger charge is 2.61. The fourth-order valence-electron chi connectivity index (χ4n) is 3.73. The summed E-state index contributed by atoms with van der Waals surface area (Å²) in [6.07, 6.45) is 4.85. The first-order chi connectivity index (χ1) is 8.51. The minimum absolute atomic E-state index is 0.153. The molecule has 2 aliphatic rings. The Balaban J connectivity index is 1.87. The number of anilines is 1. The van der Waals surface area contributed by atoms with Crippen LogP contribution in [0.15, 0.2) is 12.4 Å². The van der Waals surface area contributed by atoms with Gasteiger partial charge in [0.2, 0.25) is 0 Å². The van der Waals surface area contributed by atoms with Gasteiger partial charge in [-0.1, -0.05) is 25.4 Å². The van der Waals surface area contributed by atoms with Gasteiger partial charge in [0.1, 0.15) is 11.0 Å². The summed E-state index contributed by atoms with van der Waals surface area (Å²) in [5, 5.41) is 0.440. The number of ether oxygens (including phenoxy) is 1. The van der Waals surface area contributed by atoms with Crippen LogP contribution in [0.4, 0.5) is 5.82 Å². The Bertz CT molecular complexity index is 465. The third kappa shape index (κ3) is 1.62. The lowest BCUT2D eigenvalue weighted by molar-refractivity contribution is -0.101. The predicted octanol–water partition coefficient (Wildman–Crippen LogP) is 2.38. The molecule has 0 unspecified atom stereocenters. The van der Waals surface area contributed by atoms with Gasteiger partial charge in [-0.3, -0.25) is 4.98 Å². The average Bonchev–Trinajstić information content (AvgIpc) is 2.75. The second-order valence-electron chi connectivity index (χ2n) is 5.82. The van der Waals surface area contributed by atoms with E-state index < -0.39 is 0 Å². The number of hydrogen-bond donors (Lipinski definition) is 0. The van der Waals surface area contributed by atoms with Crippen molar-refractivity contribution in [3.05, 3.63) is 17.5 Å². The van der Waals surface area contributed by atoms with Crippen LogP contribution in [-0.2, 0) is 4.74 Å². The van der Waals surface area contributed by atoms with Gasteiger partial charge >= 0.3 is 0 Å². The molecule has 0 spiro atoms. The molecule has 0 N–H and O–H groups in total. The fraction of sp³-hybridized carbons (Fsp3) is 0.692. The van der Waals surface area contributed by atoms with E-state index in [-0.39, 0.29) is 5.41 Å². The summed E-state index contributed by atoms with van der Waals surface area (Å²) in [5.41, 5.74) is 0.153. The van der Waals surface area contributed by atoms with Gasteiger partial charge in [-0.05, 0) is 6.42 Å². The van der Waals surface area contributed by atoms with Crippen molar-refractivity contribution in [1.29, 1.82) is 0 Å². The third-order valence-corrected chi connectivity index (χ3v) is 4.59. The van der Waals surface area contributed by atoms with E-state index in [2.05, 4.69) is 35.8 Å². The first-order valence-corrected chi connectivity index (χ1v) is 6.71. The van der Waals surface area contributed by atoms with Crippen molar-refractivity contribution in [3.8, 4) is 0 Å². The Morgan fingerprint density at radius 1 is 1.44 bits per heavy atom. The van der Waals surface area contributed by atoms with Crippen LogP contribution in [0.1, 0.15) is 20.3 Å². The maximum atomic E-state index is 5.91. The van der Waals surface area contributed by atoms with E-state index in [9.17, 15) is 0 Å². The number of fused-ring (bicyclic) bond motifs is 1. The van der Waals surface area contributed by atoms with Gasteiger partial charge in [0, 0.05) is 31.0 Å². The van der Waals surface area contributed by atoms with Crippen molar-refractivity contribution in [2.24, 2.45) is 11.3 Å². The molecule has 1 saturated heterocycles. The van der Waals surface area contributed by atoms with Crippen LogP contribution in [-0.4, -0.2) is 35.8 Å². The van der Waals surface area contributed by atoms with Crippen molar-refractivity contribution < 1.29 is 4.74 Å². The monoisotopic (exact) mass is 267 g/mol. The van der Waals surface area contributed by atoms with Crippen molar-refractivity contribution in [2.75, 3.05) is 18.6 Å². The van der Waals surface area contributed by atoms with Crippen LogP contribution in [0.25, 0.3) is 0 Å². The van der Waals surface area contributed by atoms with E-state index in [0.717, 1.165) is 18.8 Å². The first-order valence-electron chi connectivity index (χ1n) is 6.34. The lowest BCUT2D eigenvalue weighted by Crippen LogP contribution is -2.66. The largest absolute Gasteiger partial charge is 0.377 e. The van der Waals surface area contributed by atoms with Crippen LogP contribution in [0.5, 0.6) is 0 Å². The molecule has 98 valence electrons. The van der Waals surface area contributed by atoms with Crippen molar-refractivity contribution in [3.63, 3.8) is 0 Å². The predicted molar refractivity (Wildman–Crippen MR) is 70.9 cm³/mol. The number of aromatic nitrogens is 2. The zero-order chi connectivity index (χ0) is 12.9. The quantitative estimate of drug-likeness (QED) is 0.825. The van der Waals surface area contributed by atoms with Gasteiger partial charge in [0.25, 0.3) is 0 Å². The molecule has 0 amide bonds. The normalized spacial score (nSPS) is 32.8. The molecule has 3 rings (SSSR count). The SMILES string of the molecule is CN(c1cncc(Cl)n1)[C@@H]1[C@@H]2CCO[C@H]2C1(C)C. The Kier molecular flexibility index (Phi) is 2.75. The summed E-state index contributed by atoms with van der Waals surface area (Å²) in [7, 11) is 2.07. The van der Waals surface area contributed by atoms with Crippen LogP contribution in [0, 0.1) is 11.3 Å². The number of nitrogens with zero attached hydrogens (tertiary/aromatic N) is 3. The fourth-order valence-corrected chi connectivity index (χ4v) is 3.87. The van der Waals surface area contributed by atoms with Crippen molar-refractivity contribution in [2.45, 2.75) is 32.4 Å². The second-order valence-corrected chi connectivity index (χ2v) is 6.21. The number of halogens is 1. The topological polar surface area (TPSA) is 38.2 Å². The molecule has 1 saturated carbocycles. The van der Waals surface area contributed by atoms with Gasteiger partial charge in [-0.25, -0.2) is 4.98 Å². The van der Waals surface area contributed by atoms with Crippen molar-refractivity contribution in [1.82, 2.24) is 9.97 Å². The summed E-state index contributed by atoms with van der Waals surface area (Å²) >= 11 is 5.91. The van der Waals surface area contributed by atoms with E-state index in [1.165, 1.54) is 0 Å². The number of hydrogen-bond acceptors (Lipinski definition) is 4. The zero-order valence-corrected chi connectivity index (χ0v) is 11.7. The van der Waals surface area contributed by atoms with Crippen LogP contribution in [0.2, 0.25) is 5.15 Å². The second kappa shape index (κ2) is 4.07. The molecule has 5 heteroatoms. The maximum absolute atomic E-state index is 5.91. The molecular formula is C13H18ClN3O. The molecule has 3 atom stereocenters. The Morgan fingerprint density at radius 2 is 2.22 bits per heavy atom. The number of rotatable bonds is 2. The summed E-state index contributed by atoms with van der Waals surface area (Å²) in [5.74, 6) is 1.44. The van der Waals surface area contributed by atoms with Crippen molar-refractivity contribution >= 4 is 17.4 Å². The third-order valence-electron chi connectivity index (χ3n) is 4.41. The smallest absolute Gasteiger partial charge is 0.149 e. The van der Waals surface area contributed by atoms with Gasteiger partial charge in [0.05, 0.1) is 18.5 Å². The molecule has 1 aromatic heterocycles. The Hall–Kier alpha value is -0.870. The van der Waals surface area contributed by atoms with Crippen LogP contribution < -0.4 is 4.90 Å². The van der Waals surface area contributed by atoms with E-state index >= 15 is 0 Å². The summed E-state index contributed by atoms with van der Waals surface area (Å²) in [6.45, 7) is 5.40. The van der Waals surface area contributed by atoms with E-state index in [1.807, 2.05) is 0 Å². The van der Waals surface area contributed by atoms with E-state index in [4.69, 9.17) is 16.3 Å². The molecular weight excluding hydrogens is 250 g/mol. The lowest BCUT2D eigenvalue weighted by Gasteiger charge is -2.58. The Morgan fingerprint density at radius 3 is 2.94 bits per heavy atom. The van der Waals surface area contributed by atoms with Gasteiger partial charge < -0.3 is 9.64 Å². The average molecular weight is 268 g/mol. The maximum Gasteiger partial charge on any atom is 0.149 e. The van der Waals surface area contributed by atoms with E-state index in [0.29, 0.717) is 23.2 Å². The molecule has 0 radical (unpaired) electrons. The highest BCUT2D eigenvalue weighted by molar-refractivity contribution is 6.29. The van der Waals surface area contributed by atoms with Crippen LogP contribution >= 0.6 is 11.6 Å². The highest BCUT2D eigenvalue weighted by atomic mass is 35.5. The minimum Gasteiger partial charge on any atom is -0.377 e. The standard InChI is InChI=1S/C13H18ClN3O/c1-13(2)11(8-4-5-18-12(8)13)17(3)10-7-15-6-9(14)16-10/h6-8,11-12H,4-5H2,1-3H3/t8-,11+,12+/m0/s1. The Labute approximate surface area is 112 Å². The summed E-state index contributed by atoms with van der Waals surface area (Å²) in [4.78, 5) is 10.7.